The van der Waals surface area contributed by atoms with E-state index in [0.29, 0.717) is 0 Å². The van der Waals surface area contributed by atoms with E-state index in [9.17, 15) is 58.8 Å². The number of carboxylic acids is 1. The first kappa shape index (κ1) is 62.9. The normalized spacial score (nSPS) is 29.6. The number of carbonyl (C=O) groups is 7. The first-order valence-electron chi connectivity index (χ1n) is 29.6. The third-order valence-corrected chi connectivity index (χ3v) is 18.5. The van der Waals surface area contributed by atoms with E-state index in [-0.39, 0.29) is 121 Å². The highest BCUT2D eigenvalue weighted by Gasteiger charge is 2.54. The van der Waals surface area contributed by atoms with Gasteiger partial charge in [-0.15, -0.1) is 0 Å². The number of likely N-dealkylation sites (tertiary alicyclic amines) is 1. The number of rotatable bonds is 8. The number of morpholine rings is 1. The number of benzene rings is 2. The quantitative estimate of drug-likeness (QED) is 0.198. The van der Waals surface area contributed by atoms with Gasteiger partial charge in [0.15, 0.2) is 11.6 Å². The third kappa shape index (κ3) is 11.1. The number of carbonyl (C=O) groups excluding carboxylic acids is 6. The Bertz CT molecular complexity index is 3600. The minimum absolute atomic E-state index is 0.0238. The number of aliphatic hydroxyl groups excluding tert-OH is 2. The predicted octanol–water partition coefficient (Wildman–Crippen LogP) is 5.03. The molecule has 472 valence electrons. The van der Waals surface area contributed by atoms with Crippen LogP contribution in [0.1, 0.15) is 114 Å². The molecule has 25 heteroatoms. The molecule has 6 aliphatic heterocycles. The van der Waals surface area contributed by atoms with E-state index in [4.69, 9.17) is 28.4 Å². The van der Waals surface area contributed by atoms with Gasteiger partial charge in [-0.05, 0) is 45.8 Å². The lowest BCUT2D eigenvalue weighted by Gasteiger charge is -2.46. The molecule has 5 N–H and O–H groups in total. The molecule has 2 aromatic carbocycles. The van der Waals surface area contributed by atoms with E-state index < -0.39 is 141 Å². The van der Waals surface area contributed by atoms with Crippen LogP contribution >= 0.6 is 0 Å². The number of hydrogen-bond donors (Lipinski definition) is 5. The van der Waals surface area contributed by atoms with Crippen molar-refractivity contribution in [3.8, 4) is 17.2 Å². The molecule has 1 unspecified atom stereocenters. The lowest BCUT2D eigenvalue weighted by Crippen LogP contribution is -2.62. The molecule has 7 heterocycles. The molecule has 0 spiro atoms. The molecule has 4 fully saturated rings. The van der Waals surface area contributed by atoms with Crippen molar-refractivity contribution in [3.05, 3.63) is 104 Å². The zero-order valence-electron chi connectivity index (χ0n) is 50.8. The zero-order valence-corrected chi connectivity index (χ0v) is 50.8. The van der Waals surface area contributed by atoms with E-state index in [1.54, 1.807) is 53.0 Å². The Morgan fingerprint density at radius 3 is 2.17 bits per heavy atom. The van der Waals surface area contributed by atoms with Crippen molar-refractivity contribution in [1.82, 2.24) is 24.6 Å². The number of hydrogen-bond acceptors (Lipinski definition) is 19. The van der Waals surface area contributed by atoms with Gasteiger partial charge in [0, 0.05) is 113 Å². The standard InChI is InChI=1S/C63H75FN6O18/c1-29-12-11-13-30(2)59(78)65-45-48(66-19-22-85-23-20-66)54(76)42-43(53(45)75)51(73)35(7)56-44(42)58(77)63(8,88-56)86-21-16-41(83-9)32(4)55(34(6)50(72)33(5)49(29)71)87-62(82)68-26-36(27-68)60(79)69-18-17-67(25-31(69)3)47-40(64)24-38-46(57(47)84-10)70(37-14-15-37)28-39(52(38)74)61(80)81/h11-13,16,21,24,28-29,31-34,36-37,41,49-50,55,71-73H,14-15,17-20,22-23,25-27H2,1-10H3,(H,65,78)(H,80,81)/b12-11+,21-16+,30-13-/t29-,31?,32+,33+,34+,41-,49-,50+,55+,63-/m0/s1. The molecule has 3 saturated heterocycles. The van der Waals surface area contributed by atoms with Crippen molar-refractivity contribution in [3.63, 3.8) is 0 Å². The Hall–Kier alpha value is -8.13. The number of phenols is 1. The van der Waals surface area contributed by atoms with Crippen LogP contribution in [-0.4, -0.2) is 190 Å². The van der Waals surface area contributed by atoms with Crippen LogP contribution in [0.25, 0.3) is 10.9 Å². The Balaban J connectivity index is 0.887. The van der Waals surface area contributed by atoms with Crippen LogP contribution < -0.4 is 25.1 Å². The maximum atomic E-state index is 16.3. The largest absolute Gasteiger partial charge is 0.507 e. The summed E-state index contributed by atoms with van der Waals surface area (Å²) in [6.45, 7) is 13.8. The van der Waals surface area contributed by atoms with Crippen LogP contribution in [0.4, 0.5) is 14.9 Å². The summed E-state index contributed by atoms with van der Waals surface area (Å²) < 4.78 is 53.8. The Morgan fingerprint density at radius 1 is 0.841 bits per heavy atom. The summed E-state index contributed by atoms with van der Waals surface area (Å²) in [5.41, 5.74) is -2.75. The van der Waals surface area contributed by atoms with Gasteiger partial charge >= 0.3 is 17.8 Å². The minimum atomic E-state index is -2.19. The van der Waals surface area contributed by atoms with Gasteiger partial charge in [-0.1, -0.05) is 45.9 Å². The summed E-state index contributed by atoms with van der Waals surface area (Å²) in [7, 11) is 2.74. The molecule has 11 rings (SSSR count). The number of allylic oxidation sites excluding steroid dienone is 4. The second-order valence-corrected chi connectivity index (χ2v) is 24.3. The smallest absolute Gasteiger partial charge is 0.410 e. The first-order chi connectivity index (χ1) is 41.7. The van der Waals surface area contributed by atoms with Crippen LogP contribution in [0.15, 0.2) is 64.6 Å². The number of amides is 3. The number of methoxy groups -OCH3 is 2. The van der Waals surface area contributed by atoms with Gasteiger partial charge in [0.1, 0.15) is 40.2 Å². The number of nitrogens with one attached hydrogen (secondary N) is 1. The second kappa shape index (κ2) is 24.4. The van der Waals surface area contributed by atoms with E-state index in [1.807, 2.05) is 6.92 Å². The summed E-state index contributed by atoms with van der Waals surface area (Å²) >= 11 is 0. The number of anilines is 1. The number of ketones is 3. The number of halogens is 1. The van der Waals surface area contributed by atoms with Gasteiger partial charge in [-0.2, -0.15) is 0 Å². The molecule has 1 saturated carbocycles. The van der Waals surface area contributed by atoms with Crippen LogP contribution in [0.3, 0.4) is 0 Å². The van der Waals surface area contributed by atoms with Gasteiger partial charge in [-0.25, -0.2) is 14.0 Å². The van der Waals surface area contributed by atoms with Crippen molar-refractivity contribution in [2.45, 2.75) is 111 Å². The zero-order chi connectivity index (χ0) is 63.7. The summed E-state index contributed by atoms with van der Waals surface area (Å²) in [5.74, 6) is -12.6. The molecular formula is C63H75FN6O18. The fraction of sp³-hybridized carbons (Fsp3) is 0.524. The Labute approximate surface area is 506 Å². The number of carboxylic acid groups (broad SMARTS) is 1. The fourth-order valence-electron chi connectivity index (χ4n) is 13.0. The monoisotopic (exact) mass is 1220 g/mol. The Kier molecular flexibility index (Phi) is 17.5. The summed E-state index contributed by atoms with van der Waals surface area (Å²) in [6, 6.07) is 0.487. The number of fused-ring (bicyclic) bond motifs is 15. The van der Waals surface area contributed by atoms with E-state index >= 15 is 4.39 Å². The van der Waals surface area contributed by atoms with Gasteiger partial charge < -0.3 is 78.3 Å². The van der Waals surface area contributed by atoms with Crippen molar-refractivity contribution >= 4 is 57.8 Å². The SMILES string of the molecule is COc1c(N2CCN(C(=O)C3CN(C(=O)O[C@H]4[C@H](C)[C@H](O)[C@H](C)[C@@H](O)[C@@H](C)/C=C/C=C(/C)C(=O)NC5=C(N6CCOCC6)C(=O)c6c(c(O)c(C)c7c6C(=O)[C@@](C)(O/C=C/[C@H](OC)[C@H]4C)O7)C5=O)C3)C(C)C2)c(F)cc2c(=O)c(C(=O)O)cn(C3CC3)c12. The highest BCUT2D eigenvalue weighted by Crippen LogP contribution is 2.50. The summed E-state index contributed by atoms with van der Waals surface area (Å²) in [5, 5.41) is 47.8. The second-order valence-electron chi connectivity index (χ2n) is 24.3. The number of pyridine rings is 1. The number of nitrogens with zero attached hydrogens (tertiary/aromatic N) is 5. The number of aromatic nitrogens is 1. The molecule has 3 aromatic rings. The molecule has 8 aliphatic rings. The maximum absolute atomic E-state index is 16.3. The molecular weight excluding hydrogens is 1150 g/mol. The van der Waals surface area contributed by atoms with Gasteiger partial charge in [-0.3, -0.25) is 28.8 Å². The van der Waals surface area contributed by atoms with Crippen molar-refractivity contribution in [2.75, 3.05) is 78.1 Å². The highest BCUT2D eigenvalue weighted by atomic mass is 19.1. The Morgan fingerprint density at radius 2 is 1.53 bits per heavy atom. The van der Waals surface area contributed by atoms with E-state index in [1.165, 1.54) is 64.3 Å². The number of phenolic OH excluding ortho intramolecular Hbond substituents is 1. The minimum Gasteiger partial charge on any atom is -0.507 e. The molecule has 88 heavy (non-hydrogen) atoms. The number of piperazine rings is 1. The predicted molar refractivity (Wildman–Crippen MR) is 314 cm³/mol. The van der Waals surface area contributed by atoms with Gasteiger partial charge in [0.2, 0.25) is 22.9 Å². The fourth-order valence-corrected chi connectivity index (χ4v) is 13.0. The van der Waals surface area contributed by atoms with Crippen LogP contribution in [-0.2, 0) is 28.5 Å². The lowest BCUT2D eigenvalue weighted by molar-refractivity contribution is -0.143. The molecule has 1 aromatic heterocycles. The molecule has 3 amide bonds. The first-order valence-corrected chi connectivity index (χ1v) is 29.6. The average Bonchev–Trinajstić information content (AvgIpc) is 1.35. The number of aromatic hydroxyl groups is 1. The molecule has 0 radical (unpaired) electrons. The lowest BCUT2D eigenvalue weighted by atomic mass is 9.78. The summed E-state index contributed by atoms with van der Waals surface area (Å²) in [4.78, 5) is 119. The maximum Gasteiger partial charge on any atom is 0.410 e. The summed E-state index contributed by atoms with van der Waals surface area (Å²) in [6.07, 6.45) is 4.46. The van der Waals surface area contributed by atoms with Crippen molar-refractivity contribution < 1.29 is 86.8 Å². The molecule has 2 aliphatic carbocycles. The average molecular weight is 1220 g/mol. The van der Waals surface area contributed by atoms with Gasteiger partial charge in [0.25, 0.3) is 11.7 Å². The van der Waals surface area contributed by atoms with E-state index in [2.05, 4.69) is 5.32 Å². The highest BCUT2D eigenvalue weighted by molar-refractivity contribution is 6.32. The molecule has 5 bridgehead atoms. The van der Waals surface area contributed by atoms with Crippen molar-refractivity contribution in [1.29, 1.82) is 0 Å². The number of aliphatic hydroxyl groups is 2. The topological polar surface area (TPSA) is 303 Å². The van der Waals surface area contributed by atoms with Crippen LogP contribution in [0, 0.1) is 42.3 Å². The van der Waals surface area contributed by atoms with E-state index in [0.717, 1.165) is 25.2 Å². The number of Topliss-reactive ketones (excluding diaryl/α,β-unsaturated/α-hetero) is 3. The van der Waals surface area contributed by atoms with Crippen LogP contribution in [0.5, 0.6) is 17.2 Å². The number of aromatic carboxylic acids is 1. The third-order valence-electron chi connectivity index (χ3n) is 18.5. The molecule has 24 nitrogen and oxygen atoms in total. The van der Waals surface area contributed by atoms with Gasteiger partial charge in [0.05, 0.1) is 78.4 Å². The van der Waals surface area contributed by atoms with Crippen LogP contribution in [0.2, 0.25) is 0 Å². The molecule has 10 atom stereocenters. The van der Waals surface area contributed by atoms with Crippen molar-refractivity contribution in [2.24, 2.45) is 29.6 Å². The number of ether oxygens (including phenoxy) is 6.